The van der Waals surface area contributed by atoms with E-state index in [1.54, 1.807) is 0 Å². The number of hydrogen-bond donors (Lipinski definition) is 2. The van der Waals surface area contributed by atoms with Crippen molar-refractivity contribution in [1.82, 2.24) is 15.5 Å². The van der Waals surface area contributed by atoms with Gasteiger partial charge in [-0.05, 0) is 68.3 Å². The van der Waals surface area contributed by atoms with Crippen molar-refractivity contribution in [3.63, 3.8) is 0 Å². The summed E-state index contributed by atoms with van der Waals surface area (Å²) in [5.74, 6) is 0.678. The Labute approximate surface area is 131 Å². The highest BCUT2D eigenvalue weighted by Crippen LogP contribution is 2.37. The Morgan fingerprint density at radius 2 is 2.24 bits per heavy atom. The van der Waals surface area contributed by atoms with Gasteiger partial charge in [-0.1, -0.05) is 23.7 Å². The molecule has 0 radical (unpaired) electrons. The van der Waals surface area contributed by atoms with Crippen LogP contribution in [0.2, 0.25) is 5.02 Å². The Hall–Kier alpha value is -1.32. The van der Waals surface area contributed by atoms with Crippen molar-refractivity contribution in [1.29, 1.82) is 0 Å². The quantitative estimate of drug-likeness (QED) is 0.796. The Bertz CT molecular complexity index is 587. The van der Waals surface area contributed by atoms with E-state index in [1.807, 2.05) is 18.3 Å². The van der Waals surface area contributed by atoms with Crippen molar-refractivity contribution < 1.29 is 0 Å². The molecule has 1 saturated carbocycles. The average Bonchev–Trinajstić information content (AvgIpc) is 2.82. The molecule has 0 amide bonds. The Morgan fingerprint density at radius 3 is 2.95 bits per heavy atom. The lowest BCUT2D eigenvalue weighted by Crippen LogP contribution is -2.40. The van der Waals surface area contributed by atoms with Gasteiger partial charge in [-0.2, -0.15) is 5.10 Å². The summed E-state index contributed by atoms with van der Waals surface area (Å²) in [7, 11) is 0. The molecule has 3 nitrogen and oxygen atoms in total. The molecule has 1 aliphatic carbocycles. The second-order valence-electron chi connectivity index (χ2n) is 6.00. The van der Waals surface area contributed by atoms with E-state index in [4.69, 9.17) is 11.6 Å². The standard InChI is InChI=1S/C17H22ClN3/c1-12-14(11-20-21-12)5-3-7-19-17-9-15(10-17)13-4-2-6-16(18)8-13/h2,4,6,8,11,15,17,19H,3,5,7,9-10H2,1H3,(H,20,21). The van der Waals surface area contributed by atoms with E-state index >= 15 is 0 Å². The first-order chi connectivity index (χ1) is 10.2. The lowest BCUT2D eigenvalue weighted by atomic mass is 9.76. The molecule has 0 bridgehead atoms. The molecule has 21 heavy (non-hydrogen) atoms. The highest BCUT2D eigenvalue weighted by molar-refractivity contribution is 6.30. The summed E-state index contributed by atoms with van der Waals surface area (Å²) in [6.45, 7) is 3.16. The van der Waals surface area contributed by atoms with Gasteiger partial charge < -0.3 is 5.32 Å². The van der Waals surface area contributed by atoms with E-state index in [-0.39, 0.29) is 0 Å². The van der Waals surface area contributed by atoms with Crippen molar-refractivity contribution in [3.8, 4) is 0 Å². The average molecular weight is 304 g/mol. The van der Waals surface area contributed by atoms with Crippen LogP contribution in [0.4, 0.5) is 0 Å². The third kappa shape index (κ3) is 3.66. The van der Waals surface area contributed by atoms with Crippen LogP contribution >= 0.6 is 11.6 Å². The molecule has 4 heteroatoms. The first-order valence-electron chi connectivity index (χ1n) is 7.70. The van der Waals surface area contributed by atoms with Gasteiger partial charge in [0.1, 0.15) is 0 Å². The van der Waals surface area contributed by atoms with E-state index in [0.29, 0.717) is 12.0 Å². The third-order valence-corrected chi connectivity index (χ3v) is 4.68. The van der Waals surface area contributed by atoms with Crippen LogP contribution in [0.15, 0.2) is 30.5 Å². The molecule has 0 unspecified atom stereocenters. The number of aromatic nitrogens is 2. The van der Waals surface area contributed by atoms with Crippen molar-refractivity contribution in [2.24, 2.45) is 0 Å². The molecule has 1 heterocycles. The SMILES string of the molecule is Cc1[nH]ncc1CCCNC1CC(c2cccc(Cl)c2)C1. The summed E-state index contributed by atoms with van der Waals surface area (Å²) in [5, 5.41) is 11.5. The molecule has 112 valence electrons. The molecule has 0 atom stereocenters. The fraction of sp³-hybridized carbons (Fsp3) is 0.471. The second kappa shape index (κ2) is 6.63. The number of H-pyrrole nitrogens is 1. The zero-order chi connectivity index (χ0) is 14.7. The predicted octanol–water partition coefficient (Wildman–Crippen LogP) is 3.84. The number of hydrogen-bond acceptors (Lipinski definition) is 2. The minimum atomic E-state index is 0.666. The molecule has 1 aromatic heterocycles. The first-order valence-corrected chi connectivity index (χ1v) is 8.08. The molecule has 2 aromatic rings. The number of nitrogens with one attached hydrogen (secondary N) is 2. The van der Waals surface area contributed by atoms with E-state index in [1.165, 1.54) is 36.1 Å². The van der Waals surface area contributed by atoms with E-state index in [0.717, 1.165) is 18.0 Å². The molecule has 1 fully saturated rings. The summed E-state index contributed by atoms with van der Waals surface area (Å²) in [4.78, 5) is 0. The normalized spacial score (nSPS) is 21.2. The van der Waals surface area contributed by atoms with Crippen molar-refractivity contribution in [3.05, 3.63) is 52.3 Å². The van der Waals surface area contributed by atoms with Crippen LogP contribution in [-0.2, 0) is 6.42 Å². The van der Waals surface area contributed by atoms with Crippen LogP contribution in [-0.4, -0.2) is 22.8 Å². The predicted molar refractivity (Wildman–Crippen MR) is 86.9 cm³/mol. The van der Waals surface area contributed by atoms with Crippen LogP contribution in [0.3, 0.4) is 0 Å². The molecule has 1 aromatic carbocycles. The van der Waals surface area contributed by atoms with Gasteiger partial charge in [0.2, 0.25) is 0 Å². The van der Waals surface area contributed by atoms with E-state index < -0.39 is 0 Å². The summed E-state index contributed by atoms with van der Waals surface area (Å²) in [5.41, 5.74) is 3.91. The number of rotatable bonds is 6. The fourth-order valence-electron chi connectivity index (χ4n) is 3.03. The highest BCUT2D eigenvalue weighted by Gasteiger charge is 2.29. The summed E-state index contributed by atoms with van der Waals surface area (Å²) in [6, 6.07) is 8.95. The number of halogens is 1. The molecule has 0 saturated heterocycles. The monoisotopic (exact) mass is 303 g/mol. The zero-order valence-electron chi connectivity index (χ0n) is 12.4. The van der Waals surface area contributed by atoms with Gasteiger partial charge in [0.05, 0.1) is 6.20 Å². The molecular weight excluding hydrogens is 282 g/mol. The minimum absolute atomic E-state index is 0.666. The van der Waals surface area contributed by atoms with Crippen LogP contribution in [0.1, 0.15) is 42.0 Å². The van der Waals surface area contributed by atoms with Gasteiger partial charge in [-0.25, -0.2) is 0 Å². The maximum atomic E-state index is 6.05. The maximum absolute atomic E-state index is 6.05. The van der Waals surface area contributed by atoms with Gasteiger partial charge in [0.15, 0.2) is 0 Å². The molecule has 2 N–H and O–H groups in total. The van der Waals surface area contributed by atoms with E-state index in [2.05, 4.69) is 34.6 Å². The van der Waals surface area contributed by atoms with Gasteiger partial charge in [0.25, 0.3) is 0 Å². The van der Waals surface area contributed by atoms with Gasteiger partial charge in [-0.15, -0.1) is 0 Å². The van der Waals surface area contributed by atoms with Crippen LogP contribution in [0.25, 0.3) is 0 Å². The molecule has 1 aliphatic rings. The second-order valence-corrected chi connectivity index (χ2v) is 6.43. The van der Waals surface area contributed by atoms with Crippen molar-refractivity contribution >= 4 is 11.6 Å². The minimum Gasteiger partial charge on any atom is -0.314 e. The maximum Gasteiger partial charge on any atom is 0.0522 e. The number of nitrogens with zero attached hydrogens (tertiary/aromatic N) is 1. The Balaban J connectivity index is 1.35. The summed E-state index contributed by atoms with van der Waals surface area (Å²) < 4.78 is 0. The Kier molecular flexibility index (Phi) is 4.61. The number of aryl methyl sites for hydroxylation is 2. The van der Waals surface area contributed by atoms with Crippen LogP contribution in [0.5, 0.6) is 0 Å². The zero-order valence-corrected chi connectivity index (χ0v) is 13.2. The van der Waals surface area contributed by atoms with Crippen LogP contribution in [0, 0.1) is 6.92 Å². The molecule has 3 rings (SSSR count). The topological polar surface area (TPSA) is 40.7 Å². The molecule has 0 spiro atoms. The van der Waals surface area contributed by atoms with Gasteiger partial charge in [0, 0.05) is 16.8 Å². The smallest absolute Gasteiger partial charge is 0.0522 e. The summed E-state index contributed by atoms with van der Waals surface area (Å²) >= 11 is 6.05. The largest absolute Gasteiger partial charge is 0.314 e. The lowest BCUT2D eigenvalue weighted by Gasteiger charge is -2.36. The highest BCUT2D eigenvalue weighted by atomic mass is 35.5. The summed E-state index contributed by atoms with van der Waals surface area (Å²) in [6.07, 6.45) is 6.66. The van der Waals surface area contributed by atoms with Crippen LogP contribution < -0.4 is 5.32 Å². The fourth-order valence-corrected chi connectivity index (χ4v) is 3.23. The first kappa shape index (κ1) is 14.6. The molecular formula is C17H22ClN3. The number of aromatic amines is 1. The molecule has 0 aliphatic heterocycles. The number of benzene rings is 1. The lowest BCUT2D eigenvalue weighted by molar-refractivity contribution is 0.291. The van der Waals surface area contributed by atoms with Crippen molar-refractivity contribution in [2.45, 2.75) is 44.6 Å². The van der Waals surface area contributed by atoms with Gasteiger partial charge >= 0.3 is 0 Å². The van der Waals surface area contributed by atoms with Crippen molar-refractivity contribution in [2.75, 3.05) is 6.54 Å². The third-order valence-electron chi connectivity index (χ3n) is 4.45. The van der Waals surface area contributed by atoms with E-state index in [9.17, 15) is 0 Å². The Morgan fingerprint density at radius 1 is 1.38 bits per heavy atom. The van der Waals surface area contributed by atoms with Gasteiger partial charge in [-0.3, -0.25) is 5.10 Å².